The zero-order valence-corrected chi connectivity index (χ0v) is 29.0. The molecular formula is C37H40FN9O5. The van der Waals surface area contributed by atoms with Crippen molar-refractivity contribution in [1.82, 2.24) is 34.8 Å². The van der Waals surface area contributed by atoms with Crippen molar-refractivity contribution in [2.45, 2.75) is 57.5 Å². The van der Waals surface area contributed by atoms with Gasteiger partial charge < -0.3 is 26.3 Å². The molecule has 5 N–H and O–H groups in total. The SMILES string of the molecule is CNC(=O)C(CCC=O)N1C(=O)c2cccc(OCCCCCCCn3cc(-c4cnc(N)c5c(-c6ccc(N)c(F)c6)nn(C)c45)cn3)c2C1=O. The van der Waals surface area contributed by atoms with E-state index in [0.29, 0.717) is 41.1 Å². The maximum absolute atomic E-state index is 14.3. The third-order valence-corrected chi connectivity index (χ3v) is 9.23. The molecule has 0 aliphatic carbocycles. The van der Waals surface area contributed by atoms with Crippen molar-refractivity contribution >= 4 is 46.4 Å². The fourth-order valence-electron chi connectivity index (χ4n) is 6.58. The molecule has 4 heterocycles. The van der Waals surface area contributed by atoms with E-state index < -0.39 is 29.6 Å². The van der Waals surface area contributed by atoms with Crippen LogP contribution in [0.25, 0.3) is 33.3 Å². The van der Waals surface area contributed by atoms with Gasteiger partial charge in [0.25, 0.3) is 11.8 Å². The normalized spacial score (nSPS) is 13.1. The molecular weight excluding hydrogens is 669 g/mol. The van der Waals surface area contributed by atoms with Gasteiger partial charge in [-0.3, -0.25) is 28.6 Å². The standard InChI is InChI=1S/C37H40FN9O5/c1-41-35(49)28(11-9-16-48)47-36(50)24-10-8-12-29(30(24)37(47)51)52-17-7-5-3-4-6-15-46-21-23(19-43-46)25-20-42-34(40)31-32(44-45(2)33(25)31)22-13-14-27(39)26(38)18-22/h8,10,12-14,16,18-21,28H,3-7,9,11,15,17,39H2,1-2H3,(H2,40,42)(H,41,49). The number of imide groups is 1. The molecule has 52 heavy (non-hydrogen) atoms. The van der Waals surface area contributed by atoms with Gasteiger partial charge in [-0.15, -0.1) is 0 Å². The van der Waals surface area contributed by atoms with Gasteiger partial charge in [-0.2, -0.15) is 10.2 Å². The lowest BCUT2D eigenvalue weighted by molar-refractivity contribution is -0.124. The number of nitrogens with one attached hydrogen (secondary N) is 1. The third kappa shape index (κ3) is 6.93. The third-order valence-electron chi connectivity index (χ3n) is 9.23. The number of amides is 3. The fourth-order valence-corrected chi connectivity index (χ4v) is 6.58. The molecule has 3 aromatic heterocycles. The first-order chi connectivity index (χ1) is 25.1. The number of aryl methyl sites for hydroxylation is 2. The lowest BCUT2D eigenvalue weighted by Gasteiger charge is -2.24. The van der Waals surface area contributed by atoms with Crippen LogP contribution < -0.4 is 21.5 Å². The van der Waals surface area contributed by atoms with Crippen molar-refractivity contribution < 1.29 is 28.3 Å². The molecule has 0 saturated heterocycles. The minimum atomic E-state index is -1.09. The molecule has 0 radical (unpaired) electrons. The monoisotopic (exact) mass is 709 g/mol. The second kappa shape index (κ2) is 15.4. The number of aldehydes is 1. The van der Waals surface area contributed by atoms with Crippen molar-refractivity contribution in [3.8, 4) is 28.1 Å². The molecule has 5 aromatic rings. The van der Waals surface area contributed by atoms with Crippen LogP contribution in [0.1, 0.15) is 65.7 Å². The first kappa shape index (κ1) is 35.7. The Kier molecular flexibility index (Phi) is 10.6. The van der Waals surface area contributed by atoms with Crippen molar-refractivity contribution in [3.63, 3.8) is 0 Å². The number of nitrogen functional groups attached to an aromatic ring is 2. The minimum Gasteiger partial charge on any atom is -0.493 e. The Morgan fingerprint density at radius 2 is 1.81 bits per heavy atom. The number of anilines is 2. The Bertz CT molecular complexity index is 2160. The number of fused-ring (bicyclic) bond motifs is 2. The topological polar surface area (TPSA) is 193 Å². The summed E-state index contributed by atoms with van der Waals surface area (Å²) in [5.74, 6) is -1.64. The van der Waals surface area contributed by atoms with E-state index in [4.69, 9.17) is 16.2 Å². The molecule has 1 unspecified atom stereocenters. The molecule has 1 aliphatic rings. The molecule has 6 rings (SSSR count). The summed E-state index contributed by atoms with van der Waals surface area (Å²) in [6.45, 7) is 1.08. The van der Waals surface area contributed by atoms with Crippen molar-refractivity contribution in [2.75, 3.05) is 25.1 Å². The smallest absolute Gasteiger partial charge is 0.266 e. The number of hydrogen-bond acceptors (Lipinski definition) is 10. The van der Waals surface area contributed by atoms with Crippen molar-refractivity contribution in [3.05, 3.63) is 71.9 Å². The van der Waals surface area contributed by atoms with Gasteiger partial charge in [0, 0.05) is 56.1 Å². The molecule has 3 amide bonds. The van der Waals surface area contributed by atoms with E-state index in [9.17, 15) is 23.6 Å². The van der Waals surface area contributed by atoms with Crippen LogP contribution in [0.5, 0.6) is 5.75 Å². The summed E-state index contributed by atoms with van der Waals surface area (Å²) in [4.78, 5) is 55.3. The molecule has 0 spiro atoms. The predicted octanol–water partition coefficient (Wildman–Crippen LogP) is 4.52. The number of carbonyl (C=O) groups is 4. The summed E-state index contributed by atoms with van der Waals surface area (Å²) in [5, 5.41) is 12.3. The van der Waals surface area contributed by atoms with Crippen LogP contribution in [0.3, 0.4) is 0 Å². The van der Waals surface area contributed by atoms with Gasteiger partial charge in [0.15, 0.2) is 0 Å². The molecule has 2 aromatic carbocycles. The van der Waals surface area contributed by atoms with E-state index in [-0.39, 0.29) is 29.7 Å². The van der Waals surface area contributed by atoms with E-state index in [1.54, 1.807) is 41.3 Å². The summed E-state index contributed by atoms with van der Waals surface area (Å²) in [7, 11) is 3.23. The fraction of sp³-hybridized carbons (Fsp3) is 0.324. The second-order valence-corrected chi connectivity index (χ2v) is 12.6. The van der Waals surface area contributed by atoms with Gasteiger partial charge >= 0.3 is 0 Å². The van der Waals surface area contributed by atoms with Crippen LogP contribution in [0, 0.1) is 5.82 Å². The van der Waals surface area contributed by atoms with E-state index in [2.05, 4.69) is 20.5 Å². The number of nitrogens with two attached hydrogens (primary N) is 2. The highest BCUT2D eigenvalue weighted by Gasteiger charge is 2.44. The maximum Gasteiger partial charge on any atom is 0.266 e. The van der Waals surface area contributed by atoms with Gasteiger partial charge in [0.2, 0.25) is 5.91 Å². The second-order valence-electron chi connectivity index (χ2n) is 12.6. The van der Waals surface area contributed by atoms with Crippen molar-refractivity contribution in [1.29, 1.82) is 0 Å². The summed E-state index contributed by atoms with van der Waals surface area (Å²) in [6.07, 6.45) is 10.7. The highest BCUT2D eigenvalue weighted by molar-refractivity contribution is 6.24. The number of unbranched alkanes of at least 4 members (excludes halogenated alkanes) is 4. The van der Waals surface area contributed by atoms with E-state index in [1.165, 1.54) is 19.2 Å². The minimum absolute atomic E-state index is 0.0343. The van der Waals surface area contributed by atoms with Gasteiger partial charge in [0.05, 0.1) is 40.5 Å². The lowest BCUT2D eigenvalue weighted by atomic mass is 10.0. The Hall–Kier alpha value is -6.12. The number of ether oxygens (including phenoxy) is 1. The number of likely N-dealkylation sites (N-methyl/N-ethyl adjacent to an activating group) is 1. The van der Waals surface area contributed by atoms with Gasteiger partial charge in [-0.1, -0.05) is 31.4 Å². The molecule has 1 atom stereocenters. The Morgan fingerprint density at radius 1 is 1.02 bits per heavy atom. The molecule has 0 bridgehead atoms. The summed E-state index contributed by atoms with van der Waals surface area (Å²) in [5.41, 5.74) is 15.8. The Labute approximate surface area is 298 Å². The van der Waals surface area contributed by atoms with Crippen LogP contribution in [-0.2, 0) is 23.2 Å². The van der Waals surface area contributed by atoms with E-state index in [0.717, 1.165) is 60.2 Å². The first-order valence-electron chi connectivity index (χ1n) is 17.1. The molecule has 14 nitrogen and oxygen atoms in total. The highest BCUT2D eigenvalue weighted by Crippen LogP contribution is 2.37. The predicted molar refractivity (Wildman–Crippen MR) is 193 cm³/mol. The zero-order valence-electron chi connectivity index (χ0n) is 29.0. The number of rotatable bonds is 16. The zero-order chi connectivity index (χ0) is 36.9. The summed E-state index contributed by atoms with van der Waals surface area (Å²) in [6, 6.07) is 8.29. The van der Waals surface area contributed by atoms with E-state index >= 15 is 0 Å². The number of hydrogen-bond donors (Lipinski definition) is 3. The van der Waals surface area contributed by atoms with Gasteiger partial charge in [-0.25, -0.2) is 9.37 Å². The highest BCUT2D eigenvalue weighted by atomic mass is 19.1. The molecule has 0 saturated carbocycles. The average molecular weight is 710 g/mol. The Morgan fingerprint density at radius 3 is 2.58 bits per heavy atom. The number of halogens is 1. The first-order valence-corrected chi connectivity index (χ1v) is 17.1. The molecule has 270 valence electrons. The number of nitrogens with zero attached hydrogens (tertiary/aromatic N) is 6. The van der Waals surface area contributed by atoms with Crippen LogP contribution in [0.4, 0.5) is 15.9 Å². The van der Waals surface area contributed by atoms with Gasteiger partial charge in [0.1, 0.15) is 35.4 Å². The maximum atomic E-state index is 14.3. The lowest BCUT2D eigenvalue weighted by Crippen LogP contribution is -2.48. The number of carbonyl (C=O) groups excluding carboxylic acids is 4. The molecule has 1 aliphatic heterocycles. The quantitative estimate of drug-likeness (QED) is 0.0568. The summed E-state index contributed by atoms with van der Waals surface area (Å²) >= 11 is 0. The molecule has 15 heteroatoms. The Balaban J connectivity index is 1.00. The van der Waals surface area contributed by atoms with Crippen LogP contribution in [0.15, 0.2) is 55.0 Å². The molecule has 0 fully saturated rings. The number of aromatic nitrogens is 5. The van der Waals surface area contributed by atoms with Crippen LogP contribution in [0.2, 0.25) is 0 Å². The summed E-state index contributed by atoms with van der Waals surface area (Å²) < 4.78 is 23.8. The van der Waals surface area contributed by atoms with Crippen LogP contribution >= 0.6 is 0 Å². The van der Waals surface area contributed by atoms with E-state index in [1.807, 2.05) is 17.9 Å². The number of pyridine rings is 1. The largest absolute Gasteiger partial charge is 0.493 e. The average Bonchev–Trinajstić information content (AvgIpc) is 3.83. The number of benzene rings is 2. The van der Waals surface area contributed by atoms with Crippen LogP contribution in [-0.4, -0.2) is 73.1 Å². The van der Waals surface area contributed by atoms with Gasteiger partial charge in [-0.05, 0) is 43.5 Å². The van der Waals surface area contributed by atoms with Crippen molar-refractivity contribution in [2.24, 2.45) is 7.05 Å².